The third-order valence-electron chi connectivity index (χ3n) is 4.75. The van der Waals surface area contributed by atoms with Crippen molar-refractivity contribution >= 4 is 21.9 Å². The van der Waals surface area contributed by atoms with Gasteiger partial charge in [0.05, 0.1) is 17.1 Å². The number of hydrogen-bond acceptors (Lipinski definition) is 6. The molecule has 166 valence electrons. The van der Waals surface area contributed by atoms with Crippen LogP contribution in [0.25, 0.3) is 0 Å². The normalized spacial score (nSPS) is 14.8. The number of rotatable bonds is 7. The van der Waals surface area contributed by atoms with Gasteiger partial charge in [0.2, 0.25) is 10.0 Å². The number of nitrogens with zero attached hydrogens (tertiary/aromatic N) is 2. The van der Waals surface area contributed by atoms with Crippen molar-refractivity contribution in [2.24, 2.45) is 0 Å². The first kappa shape index (κ1) is 22.7. The van der Waals surface area contributed by atoms with Gasteiger partial charge in [0.1, 0.15) is 11.6 Å². The van der Waals surface area contributed by atoms with Crippen molar-refractivity contribution in [1.82, 2.24) is 9.21 Å². The van der Waals surface area contributed by atoms with Gasteiger partial charge in [-0.2, -0.15) is 4.31 Å². The van der Waals surface area contributed by atoms with Gasteiger partial charge in [-0.05, 0) is 49.4 Å². The topological polar surface area (TPSA) is 93.2 Å². The first-order chi connectivity index (χ1) is 14.8. The minimum atomic E-state index is -3.82. The van der Waals surface area contributed by atoms with Crippen LogP contribution >= 0.6 is 0 Å². The lowest BCUT2D eigenvalue weighted by Gasteiger charge is -2.34. The molecule has 0 atom stereocenters. The summed E-state index contributed by atoms with van der Waals surface area (Å²) in [6.45, 7) is 2.42. The number of benzene rings is 2. The van der Waals surface area contributed by atoms with Crippen molar-refractivity contribution in [2.45, 2.75) is 11.8 Å². The first-order valence-electron chi connectivity index (χ1n) is 9.74. The fraction of sp³-hybridized carbons (Fsp3) is 0.333. The van der Waals surface area contributed by atoms with Crippen LogP contribution in [0.2, 0.25) is 0 Å². The van der Waals surface area contributed by atoms with Crippen LogP contribution in [0.15, 0.2) is 53.4 Å². The molecule has 0 aliphatic carbocycles. The van der Waals surface area contributed by atoms with Gasteiger partial charge >= 0.3 is 5.97 Å². The number of halogens is 1. The smallest absolute Gasteiger partial charge is 0.338 e. The molecular weight excluding hydrogens is 427 g/mol. The van der Waals surface area contributed by atoms with E-state index in [2.05, 4.69) is 0 Å². The van der Waals surface area contributed by atoms with E-state index >= 15 is 0 Å². The summed E-state index contributed by atoms with van der Waals surface area (Å²) in [4.78, 5) is 25.5. The molecule has 1 amide bonds. The van der Waals surface area contributed by atoms with Crippen LogP contribution in [0.1, 0.15) is 17.3 Å². The minimum absolute atomic E-state index is 0.109. The van der Waals surface area contributed by atoms with Gasteiger partial charge in [-0.25, -0.2) is 17.6 Å². The van der Waals surface area contributed by atoms with Crippen LogP contribution in [-0.2, 0) is 19.6 Å². The summed E-state index contributed by atoms with van der Waals surface area (Å²) in [5.41, 5.74) is 0.385. The Morgan fingerprint density at radius 1 is 1.03 bits per heavy atom. The number of carbonyl (C=O) groups is 2. The maximum Gasteiger partial charge on any atom is 0.338 e. The van der Waals surface area contributed by atoms with Gasteiger partial charge in [0.15, 0.2) is 6.61 Å². The highest BCUT2D eigenvalue weighted by Gasteiger charge is 2.30. The zero-order valence-corrected chi connectivity index (χ0v) is 17.8. The van der Waals surface area contributed by atoms with Crippen molar-refractivity contribution in [2.75, 3.05) is 39.4 Å². The summed E-state index contributed by atoms with van der Waals surface area (Å²) >= 11 is 0. The fourth-order valence-corrected chi connectivity index (χ4v) is 4.55. The van der Waals surface area contributed by atoms with Crippen LogP contribution in [-0.4, -0.2) is 68.9 Å². The summed E-state index contributed by atoms with van der Waals surface area (Å²) in [6, 6.07) is 11.1. The molecule has 0 aromatic heterocycles. The number of piperazine rings is 1. The van der Waals surface area contributed by atoms with Crippen LogP contribution < -0.4 is 4.74 Å². The number of carbonyl (C=O) groups excluding carboxylic acids is 2. The fourth-order valence-electron chi connectivity index (χ4n) is 3.09. The molecule has 0 bridgehead atoms. The average molecular weight is 450 g/mol. The van der Waals surface area contributed by atoms with Gasteiger partial charge in [0, 0.05) is 26.2 Å². The Morgan fingerprint density at radius 2 is 1.71 bits per heavy atom. The van der Waals surface area contributed by atoms with Gasteiger partial charge in [-0.3, -0.25) is 4.79 Å². The van der Waals surface area contributed by atoms with E-state index in [4.69, 9.17) is 9.47 Å². The summed E-state index contributed by atoms with van der Waals surface area (Å²) < 4.78 is 50.3. The summed E-state index contributed by atoms with van der Waals surface area (Å²) in [7, 11) is -3.82. The third kappa shape index (κ3) is 5.59. The number of sulfonamides is 1. The Kier molecular flexibility index (Phi) is 7.24. The minimum Gasteiger partial charge on any atom is -0.484 e. The lowest BCUT2D eigenvalue weighted by atomic mass is 10.2. The molecule has 0 unspecified atom stereocenters. The second-order valence-corrected chi connectivity index (χ2v) is 8.71. The number of hydrogen-bond donors (Lipinski definition) is 0. The molecule has 10 heteroatoms. The highest BCUT2D eigenvalue weighted by atomic mass is 32.2. The van der Waals surface area contributed by atoms with Crippen molar-refractivity contribution < 1.29 is 31.9 Å². The summed E-state index contributed by atoms with van der Waals surface area (Å²) in [5.74, 6) is -0.912. The van der Waals surface area contributed by atoms with E-state index in [1.807, 2.05) is 0 Å². The van der Waals surface area contributed by atoms with Gasteiger partial charge in [-0.15, -0.1) is 0 Å². The van der Waals surface area contributed by atoms with Gasteiger partial charge in [-0.1, -0.05) is 6.07 Å². The van der Waals surface area contributed by atoms with Crippen molar-refractivity contribution in [3.05, 3.63) is 59.9 Å². The van der Waals surface area contributed by atoms with Gasteiger partial charge in [0.25, 0.3) is 5.91 Å². The highest BCUT2D eigenvalue weighted by molar-refractivity contribution is 7.89. The molecule has 1 fully saturated rings. The molecule has 0 radical (unpaired) electrons. The van der Waals surface area contributed by atoms with E-state index in [9.17, 15) is 22.4 Å². The lowest BCUT2D eigenvalue weighted by Crippen LogP contribution is -2.51. The van der Waals surface area contributed by atoms with E-state index in [1.165, 1.54) is 27.4 Å². The maximum absolute atomic E-state index is 13.4. The molecule has 1 aliphatic rings. The summed E-state index contributed by atoms with van der Waals surface area (Å²) in [5, 5.41) is 0. The van der Waals surface area contributed by atoms with Crippen molar-refractivity contribution in [3.63, 3.8) is 0 Å². The Balaban J connectivity index is 1.51. The lowest BCUT2D eigenvalue weighted by molar-refractivity contribution is -0.134. The van der Waals surface area contributed by atoms with Crippen molar-refractivity contribution in [3.8, 4) is 5.75 Å². The number of ether oxygens (including phenoxy) is 2. The monoisotopic (exact) mass is 450 g/mol. The standard InChI is InChI=1S/C21H23FN2O6S/c1-2-29-21(26)16-6-8-18(9-7-16)30-15-20(25)23-10-12-24(13-11-23)31(27,28)19-5-3-4-17(22)14-19/h3-9,14H,2,10-13,15H2,1H3. The SMILES string of the molecule is CCOC(=O)c1ccc(OCC(=O)N2CCN(S(=O)(=O)c3cccc(F)c3)CC2)cc1. The van der Waals surface area contributed by atoms with Crippen LogP contribution in [0.3, 0.4) is 0 Å². The van der Waals surface area contributed by atoms with Gasteiger partial charge < -0.3 is 14.4 Å². The maximum atomic E-state index is 13.4. The Hall–Kier alpha value is -2.98. The summed E-state index contributed by atoms with van der Waals surface area (Å²) in [6.07, 6.45) is 0. The van der Waals surface area contributed by atoms with E-state index in [1.54, 1.807) is 31.2 Å². The first-order valence-corrected chi connectivity index (χ1v) is 11.2. The molecule has 1 saturated heterocycles. The number of esters is 1. The second-order valence-electron chi connectivity index (χ2n) is 6.78. The highest BCUT2D eigenvalue weighted by Crippen LogP contribution is 2.19. The van der Waals surface area contributed by atoms with E-state index < -0.39 is 21.8 Å². The molecule has 8 nitrogen and oxygen atoms in total. The third-order valence-corrected chi connectivity index (χ3v) is 6.65. The molecule has 3 rings (SSSR count). The van der Waals surface area contributed by atoms with Crippen LogP contribution in [0, 0.1) is 5.82 Å². The zero-order valence-electron chi connectivity index (χ0n) is 17.0. The molecule has 1 heterocycles. The quantitative estimate of drug-likeness (QED) is 0.599. The van der Waals surface area contributed by atoms with Crippen LogP contribution in [0.4, 0.5) is 4.39 Å². The molecule has 2 aromatic rings. The van der Waals surface area contributed by atoms with E-state index in [-0.39, 0.29) is 50.2 Å². The average Bonchev–Trinajstić information content (AvgIpc) is 2.78. The molecule has 0 N–H and O–H groups in total. The Labute approximate surface area is 180 Å². The van der Waals surface area contributed by atoms with E-state index in [0.29, 0.717) is 11.3 Å². The predicted molar refractivity (Wildman–Crippen MR) is 110 cm³/mol. The van der Waals surface area contributed by atoms with Crippen LogP contribution in [0.5, 0.6) is 5.75 Å². The Bertz CT molecular complexity index is 1030. The second kappa shape index (κ2) is 9.88. The molecule has 0 saturated carbocycles. The number of amides is 1. The molecular formula is C21H23FN2O6S. The molecule has 0 spiro atoms. The molecule has 1 aliphatic heterocycles. The molecule has 2 aromatic carbocycles. The zero-order chi connectivity index (χ0) is 22.4. The largest absolute Gasteiger partial charge is 0.484 e. The predicted octanol–water partition coefficient (Wildman–Crippen LogP) is 1.91. The Morgan fingerprint density at radius 3 is 2.32 bits per heavy atom. The molecule has 31 heavy (non-hydrogen) atoms. The van der Waals surface area contributed by atoms with Crippen molar-refractivity contribution in [1.29, 1.82) is 0 Å². The van der Waals surface area contributed by atoms with E-state index in [0.717, 1.165) is 6.07 Å².